The lowest BCUT2D eigenvalue weighted by Crippen LogP contribution is -2.26. The van der Waals surface area contributed by atoms with E-state index < -0.39 is 0 Å². The van der Waals surface area contributed by atoms with Crippen molar-refractivity contribution < 1.29 is 5.11 Å². The predicted molar refractivity (Wildman–Crippen MR) is 73.5 cm³/mol. The number of aryl methyl sites for hydroxylation is 1. The number of hydrogen-bond donors (Lipinski definition) is 3. The standard InChI is InChI=1S/C15H20N2O/c1-11-13(8-16-9-15(10-18)6-7-15)12-4-2-3-5-14(12)17-11/h2-5,16-18H,6-10H2,1H3. The van der Waals surface area contributed by atoms with Crippen molar-refractivity contribution in [3.8, 4) is 0 Å². The lowest BCUT2D eigenvalue weighted by Gasteiger charge is -2.12. The average molecular weight is 244 g/mol. The molecule has 3 rings (SSSR count). The Kier molecular flexibility index (Phi) is 2.88. The fourth-order valence-electron chi connectivity index (χ4n) is 2.58. The van der Waals surface area contributed by atoms with E-state index in [1.807, 2.05) is 0 Å². The van der Waals surface area contributed by atoms with E-state index in [2.05, 4.69) is 41.5 Å². The molecule has 3 N–H and O–H groups in total. The van der Waals surface area contributed by atoms with E-state index in [4.69, 9.17) is 0 Å². The molecule has 0 spiro atoms. The fourth-order valence-corrected chi connectivity index (χ4v) is 2.58. The number of aromatic amines is 1. The Morgan fingerprint density at radius 1 is 1.33 bits per heavy atom. The van der Waals surface area contributed by atoms with Gasteiger partial charge in [0.1, 0.15) is 0 Å². The zero-order valence-corrected chi connectivity index (χ0v) is 10.8. The molecule has 1 aromatic heterocycles. The van der Waals surface area contributed by atoms with E-state index in [1.165, 1.54) is 22.2 Å². The highest BCUT2D eigenvalue weighted by Crippen LogP contribution is 2.44. The average Bonchev–Trinajstić information content (AvgIpc) is 3.09. The van der Waals surface area contributed by atoms with Crippen molar-refractivity contribution in [2.45, 2.75) is 26.3 Å². The third-order valence-corrected chi connectivity index (χ3v) is 4.12. The van der Waals surface area contributed by atoms with Crippen molar-refractivity contribution >= 4 is 10.9 Å². The molecule has 0 saturated heterocycles. The quantitative estimate of drug-likeness (QED) is 0.756. The number of aliphatic hydroxyl groups excluding tert-OH is 1. The molecule has 0 aliphatic heterocycles. The lowest BCUT2D eigenvalue weighted by atomic mass is 10.1. The van der Waals surface area contributed by atoms with Crippen LogP contribution in [0.15, 0.2) is 24.3 Å². The van der Waals surface area contributed by atoms with E-state index in [0.29, 0.717) is 6.61 Å². The summed E-state index contributed by atoms with van der Waals surface area (Å²) < 4.78 is 0. The van der Waals surface area contributed by atoms with Gasteiger partial charge in [0, 0.05) is 41.7 Å². The van der Waals surface area contributed by atoms with Crippen molar-refractivity contribution in [1.29, 1.82) is 0 Å². The summed E-state index contributed by atoms with van der Waals surface area (Å²) in [6.07, 6.45) is 2.31. The zero-order valence-electron chi connectivity index (χ0n) is 10.8. The second-order valence-corrected chi connectivity index (χ2v) is 5.54. The molecule has 1 aliphatic carbocycles. The molecule has 1 heterocycles. The summed E-state index contributed by atoms with van der Waals surface area (Å²) in [6.45, 7) is 4.23. The first-order chi connectivity index (χ1) is 8.74. The molecule has 0 radical (unpaired) electrons. The normalized spacial score (nSPS) is 17.2. The summed E-state index contributed by atoms with van der Waals surface area (Å²) in [4.78, 5) is 3.41. The third kappa shape index (κ3) is 2.04. The molecular formula is C15H20N2O. The second kappa shape index (κ2) is 4.41. The molecule has 1 aromatic carbocycles. The van der Waals surface area contributed by atoms with Crippen LogP contribution in [-0.4, -0.2) is 23.2 Å². The number of H-pyrrole nitrogens is 1. The van der Waals surface area contributed by atoms with Gasteiger partial charge in [-0.1, -0.05) is 18.2 Å². The molecule has 0 atom stereocenters. The van der Waals surface area contributed by atoms with Crippen LogP contribution in [-0.2, 0) is 6.54 Å². The van der Waals surface area contributed by atoms with Crippen LogP contribution in [0.3, 0.4) is 0 Å². The van der Waals surface area contributed by atoms with Gasteiger partial charge in [-0.25, -0.2) is 0 Å². The summed E-state index contributed by atoms with van der Waals surface area (Å²) in [7, 11) is 0. The van der Waals surface area contributed by atoms with Crippen LogP contribution in [0.1, 0.15) is 24.1 Å². The van der Waals surface area contributed by atoms with Gasteiger partial charge < -0.3 is 15.4 Å². The summed E-state index contributed by atoms with van der Waals surface area (Å²) in [6, 6.07) is 8.41. The van der Waals surface area contributed by atoms with Crippen molar-refractivity contribution in [2.24, 2.45) is 5.41 Å². The van der Waals surface area contributed by atoms with Crippen LogP contribution in [0.4, 0.5) is 0 Å². The van der Waals surface area contributed by atoms with Crippen molar-refractivity contribution in [2.75, 3.05) is 13.2 Å². The fraction of sp³-hybridized carbons (Fsp3) is 0.467. The summed E-state index contributed by atoms with van der Waals surface area (Å²) >= 11 is 0. The molecule has 2 aromatic rings. The van der Waals surface area contributed by atoms with Gasteiger partial charge in [-0.3, -0.25) is 0 Å². The number of nitrogens with one attached hydrogen (secondary N) is 2. The minimum Gasteiger partial charge on any atom is -0.396 e. The minimum absolute atomic E-state index is 0.181. The van der Waals surface area contributed by atoms with E-state index in [0.717, 1.165) is 25.9 Å². The predicted octanol–water partition coefficient (Wildman–Crippen LogP) is 2.34. The first-order valence-electron chi connectivity index (χ1n) is 6.62. The Hall–Kier alpha value is -1.32. The number of benzene rings is 1. The highest BCUT2D eigenvalue weighted by molar-refractivity contribution is 5.84. The van der Waals surface area contributed by atoms with Crippen LogP contribution in [0, 0.1) is 12.3 Å². The van der Waals surface area contributed by atoms with Crippen molar-refractivity contribution in [3.05, 3.63) is 35.5 Å². The molecular weight excluding hydrogens is 224 g/mol. The Balaban J connectivity index is 1.72. The Labute approximate surface area is 107 Å². The number of rotatable bonds is 5. The van der Waals surface area contributed by atoms with Gasteiger partial charge >= 0.3 is 0 Å². The molecule has 0 bridgehead atoms. The first kappa shape index (κ1) is 11.8. The van der Waals surface area contributed by atoms with Gasteiger partial charge in [0.15, 0.2) is 0 Å². The Bertz CT molecular complexity index is 555. The highest BCUT2D eigenvalue weighted by atomic mass is 16.3. The van der Waals surface area contributed by atoms with E-state index >= 15 is 0 Å². The maximum Gasteiger partial charge on any atom is 0.0499 e. The molecule has 0 amide bonds. The third-order valence-electron chi connectivity index (χ3n) is 4.12. The molecule has 1 saturated carbocycles. The molecule has 1 fully saturated rings. The maximum absolute atomic E-state index is 9.29. The van der Waals surface area contributed by atoms with Gasteiger partial charge in [-0.05, 0) is 31.4 Å². The topological polar surface area (TPSA) is 48.0 Å². The molecule has 18 heavy (non-hydrogen) atoms. The number of hydrogen-bond acceptors (Lipinski definition) is 2. The monoisotopic (exact) mass is 244 g/mol. The summed E-state index contributed by atoms with van der Waals surface area (Å²) in [5, 5.41) is 14.1. The SMILES string of the molecule is Cc1[nH]c2ccccc2c1CNCC1(CO)CC1. The smallest absolute Gasteiger partial charge is 0.0499 e. The Morgan fingerprint density at radius 2 is 2.11 bits per heavy atom. The van der Waals surface area contributed by atoms with Gasteiger partial charge in [-0.2, -0.15) is 0 Å². The Morgan fingerprint density at radius 3 is 2.83 bits per heavy atom. The maximum atomic E-state index is 9.29. The lowest BCUT2D eigenvalue weighted by molar-refractivity contribution is 0.207. The van der Waals surface area contributed by atoms with E-state index in [-0.39, 0.29) is 5.41 Å². The van der Waals surface area contributed by atoms with Crippen LogP contribution in [0.2, 0.25) is 0 Å². The summed E-state index contributed by atoms with van der Waals surface area (Å²) in [5.74, 6) is 0. The van der Waals surface area contributed by atoms with Gasteiger partial charge in [-0.15, -0.1) is 0 Å². The molecule has 3 heteroatoms. The summed E-state index contributed by atoms with van der Waals surface area (Å²) in [5.41, 5.74) is 3.96. The molecule has 1 aliphatic rings. The molecule has 3 nitrogen and oxygen atoms in total. The van der Waals surface area contributed by atoms with Gasteiger partial charge in [0.05, 0.1) is 0 Å². The second-order valence-electron chi connectivity index (χ2n) is 5.54. The largest absolute Gasteiger partial charge is 0.396 e. The number of fused-ring (bicyclic) bond motifs is 1. The number of aliphatic hydroxyl groups is 1. The molecule has 96 valence electrons. The number of para-hydroxylation sites is 1. The molecule has 0 unspecified atom stereocenters. The van der Waals surface area contributed by atoms with E-state index in [1.54, 1.807) is 0 Å². The van der Waals surface area contributed by atoms with Gasteiger partial charge in [0.2, 0.25) is 0 Å². The van der Waals surface area contributed by atoms with E-state index in [9.17, 15) is 5.11 Å². The van der Waals surface area contributed by atoms with Crippen LogP contribution >= 0.6 is 0 Å². The number of aromatic nitrogens is 1. The van der Waals surface area contributed by atoms with Crippen LogP contribution in [0.5, 0.6) is 0 Å². The highest BCUT2D eigenvalue weighted by Gasteiger charge is 2.41. The first-order valence-corrected chi connectivity index (χ1v) is 6.62. The van der Waals surface area contributed by atoms with Gasteiger partial charge in [0.25, 0.3) is 0 Å². The van der Waals surface area contributed by atoms with Crippen molar-refractivity contribution in [1.82, 2.24) is 10.3 Å². The van der Waals surface area contributed by atoms with Crippen LogP contribution < -0.4 is 5.32 Å². The van der Waals surface area contributed by atoms with Crippen LogP contribution in [0.25, 0.3) is 10.9 Å². The zero-order chi connectivity index (χ0) is 12.6. The minimum atomic E-state index is 0.181. The van der Waals surface area contributed by atoms with Crippen molar-refractivity contribution in [3.63, 3.8) is 0 Å².